The van der Waals surface area contributed by atoms with Gasteiger partial charge in [0.15, 0.2) is 5.49 Å². The number of rotatable bonds is 18. The maximum atomic E-state index is 5.74. The lowest BCUT2D eigenvalue weighted by atomic mass is 9.36. The van der Waals surface area contributed by atoms with Crippen molar-refractivity contribution in [3.05, 3.63) is 16.4 Å². The van der Waals surface area contributed by atoms with Crippen LogP contribution in [0.4, 0.5) is 0 Å². The normalized spacial score (nSPS) is 36.3. The fourth-order valence-electron chi connectivity index (χ4n) is 16.0. The summed E-state index contributed by atoms with van der Waals surface area (Å²) in [7, 11) is 0. The zero-order valence-corrected chi connectivity index (χ0v) is 44.2. The Balaban J connectivity index is 1.94. The molecule has 0 bridgehead atoms. The monoisotopic (exact) mass is 834 g/mol. The Morgan fingerprint density at radius 2 is 1.52 bits per heavy atom. The van der Waals surface area contributed by atoms with Crippen molar-refractivity contribution < 1.29 is 0 Å². The molecule has 3 aliphatic rings. The molecule has 2 heterocycles. The van der Waals surface area contributed by atoms with E-state index >= 15 is 0 Å². The summed E-state index contributed by atoms with van der Waals surface area (Å²) in [6.07, 6.45) is 11.3. The van der Waals surface area contributed by atoms with Crippen molar-refractivity contribution in [2.24, 2.45) is 90.2 Å². The zero-order valence-electron chi connectivity index (χ0n) is 44.2. The van der Waals surface area contributed by atoms with Crippen molar-refractivity contribution in [1.82, 2.24) is 20.4 Å². The van der Waals surface area contributed by atoms with Crippen molar-refractivity contribution in [2.45, 2.75) is 216 Å². The summed E-state index contributed by atoms with van der Waals surface area (Å²) in [4.78, 5) is 8.43. The standard InChI is InChI=1S/C55H103N5/c1-23-28-36(6)31-39(9)55(22,49(13,14)15)53(20)35-52(19,50(16,17)24-2)54(21,41(11)40(10)51(53,18)25-3)38(8)34-43-32-37(7)33-44-46(43)57-48-45(42(12)58-59-48)47(44)60(27-5)30-29-56-26-4/h36-41,43-44,46,56H,23-35H2,1-22H3,(H,57,59). The van der Waals surface area contributed by atoms with E-state index in [9.17, 15) is 0 Å². The van der Waals surface area contributed by atoms with Crippen LogP contribution in [0.3, 0.4) is 0 Å². The van der Waals surface area contributed by atoms with Crippen molar-refractivity contribution in [3.8, 4) is 0 Å². The Bertz CT molecular complexity index is 1680. The number of aryl methyl sites for hydroxylation is 1. The summed E-state index contributed by atoms with van der Waals surface area (Å²) in [5.41, 5.74) is 4.54. The second kappa shape index (κ2) is 18.6. The van der Waals surface area contributed by atoms with Crippen LogP contribution in [0.1, 0.15) is 209 Å². The van der Waals surface area contributed by atoms with Gasteiger partial charge in [-0.2, -0.15) is 5.10 Å². The number of likely N-dealkylation sites (N-methyl/N-ethyl adjacent to an activating group) is 2. The van der Waals surface area contributed by atoms with E-state index in [0.29, 0.717) is 41.4 Å². The van der Waals surface area contributed by atoms with Gasteiger partial charge in [0.05, 0.1) is 17.0 Å². The first-order chi connectivity index (χ1) is 27.7. The highest BCUT2D eigenvalue weighted by atomic mass is 15.2. The fourth-order valence-corrected chi connectivity index (χ4v) is 16.0. The maximum Gasteiger partial charge on any atom is 0.152 e. The minimum Gasteiger partial charge on any atom is -0.373 e. The quantitative estimate of drug-likeness (QED) is 0.114. The Morgan fingerprint density at radius 3 is 2.05 bits per heavy atom. The Labute approximate surface area is 373 Å². The van der Waals surface area contributed by atoms with Gasteiger partial charge in [-0.25, -0.2) is 0 Å². The number of hydrogen-bond acceptors (Lipinski definition) is 4. The third kappa shape index (κ3) is 8.15. The Kier molecular flexibility index (Phi) is 15.9. The van der Waals surface area contributed by atoms with Crippen LogP contribution >= 0.6 is 0 Å². The highest BCUT2D eigenvalue weighted by Gasteiger charge is 2.71. The second-order valence-electron chi connectivity index (χ2n) is 24.7. The smallest absolute Gasteiger partial charge is 0.152 e. The van der Waals surface area contributed by atoms with Crippen LogP contribution in [-0.2, 0) is 0 Å². The lowest BCUT2D eigenvalue weighted by Gasteiger charge is -2.68. The van der Waals surface area contributed by atoms with Crippen LogP contribution in [0, 0.1) is 92.2 Å². The molecule has 60 heavy (non-hydrogen) atoms. The molecule has 0 saturated heterocycles. The third-order valence-corrected chi connectivity index (χ3v) is 21.5. The zero-order chi connectivity index (χ0) is 45.6. The van der Waals surface area contributed by atoms with Gasteiger partial charge in [-0.15, -0.1) is 0 Å². The first kappa shape index (κ1) is 51.3. The average molecular weight is 834 g/mol. The van der Waals surface area contributed by atoms with Gasteiger partial charge >= 0.3 is 0 Å². The molecule has 14 atom stereocenters. The number of fused-ring (bicyclic) bond motifs is 2. The maximum absolute atomic E-state index is 5.74. The van der Waals surface area contributed by atoms with Crippen molar-refractivity contribution in [2.75, 3.05) is 26.2 Å². The molecule has 0 radical (unpaired) electrons. The first-order valence-corrected chi connectivity index (χ1v) is 25.8. The molecule has 5 heteroatoms. The molecular weight excluding hydrogens is 731 g/mol. The topological polar surface area (TPSA) is 56.3 Å². The number of H-pyrrole nitrogens is 1. The predicted molar refractivity (Wildman–Crippen MR) is 261 cm³/mol. The van der Waals surface area contributed by atoms with Crippen molar-refractivity contribution >= 4 is 5.70 Å². The number of hydrogen-bond donors (Lipinski definition) is 2. The van der Waals surface area contributed by atoms with E-state index in [0.717, 1.165) is 43.3 Å². The van der Waals surface area contributed by atoms with Crippen LogP contribution in [0.5, 0.6) is 0 Å². The number of aromatic amines is 1. The molecule has 0 spiro atoms. The molecular formula is C55H103N5. The van der Waals surface area contributed by atoms with Gasteiger partial charge in [0.1, 0.15) is 0 Å². The van der Waals surface area contributed by atoms with Crippen LogP contribution in [0.2, 0.25) is 0 Å². The number of aromatic nitrogens is 2. The summed E-state index contributed by atoms with van der Waals surface area (Å²) in [5.74, 6) is 4.66. The highest BCUT2D eigenvalue weighted by molar-refractivity contribution is 5.50. The molecule has 2 fully saturated rings. The minimum atomic E-state index is 0.0877. The first-order valence-electron chi connectivity index (χ1n) is 25.8. The molecule has 1 aliphatic heterocycles. The van der Waals surface area contributed by atoms with Gasteiger partial charge in [-0.05, 0) is 138 Å². The average Bonchev–Trinajstić information content (AvgIpc) is 3.54. The van der Waals surface area contributed by atoms with E-state index in [1.165, 1.54) is 68.7 Å². The van der Waals surface area contributed by atoms with Gasteiger partial charge in [0.2, 0.25) is 0 Å². The van der Waals surface area contributed by atoms with Crippen molar-refractivity contribution in [1.29, 1.82) is 0 Å². The molecule has 1 aromatic rings. The van der Waals surface area contributed by atoms with Gasteiger partial charge in [-0.1, -0.05) is 158 Å². The van der Waals surface area contributed by atoms with E-state index in [-0.39, 0.29) is 43.9 Å². The molecule has 348 valence electrons. The van der Waals surface area contributed by atoms with Gasteiger partial charge < -0.3 is 10.2 Å². The van der Waals surface area contributed by atoms with Crippen LogP contribution < -0.4 is 16.0 Å². The van der Waals surface area contributed by atoms with Gasteiger partial charge in [0, 0.05) is 31.2 Å². The molecule has 2 N–H and O–H groups in total. The largest absolute Gasteiger partial charge is 0.373 e. The van der Waals surface area contributed by atoms with E-state index in [1.54, 1.807) is 0 Å². The molecule has 2 saturated carbocycles. The number of nitrogens with zero attached hydrogens (tertiary/aromatic N) is 3. The summed E-state index contributed by atoms with van der Waals surface area (Å²) >= 11 is 0. The third-order valence-electron chi connectivity index (χ3n) is 21.5. The van der Waals surface area contributed by atoms with Gasteiger partial charge in [0.25, 0.3) is 0 Å². The Morgan fingerprint density at radius 1 is 0.883 bits per heavy atom. The molecule has 4 rings (SSSR count). The molecule has 0 amide bonds. The molecule has 2 aliphatic carbocycles. The van der Waals surface area contributed by atoms with Gasteiger partial charge in [-0.3, -0.25) is 10.1 Å². The summed E-state index contributed by atoms with van der Waals surface area (Å²) in [6, 6.07) is 0.285. The van der Waals surface area contributed by atoms with E-state index in [4.69, 9.17) is 10.1 Å². The lowest BCUT2D eigenvalue weighted by molar-refractivity contribution is -0.198. The van der Waals surface area contributed by atoms with Crippen LogP contribution in [0.25, 0.3) is 5.70 Å². The molecule has 14 unspecified atom stereocenters. The molecule has 5 nitrogen and oxygen atoms in total. The highest BCUT2D eigenvalue weighted by Crippen LogP contribution is 2.78. The van der Waals surface area contributed by atoms with Crippen molar-refractivity contribution in [3.63, 3.8) is 0 Å². The summed E-state index contributed by atoms with van der Waals surface area (Å²) in [6.45, 7) is 61.5. The van der Waals surface area contributed by atoms with Crippen LogP contribution in [-0.4, -0.2) is 47.3 Å². The van der Waals surface area contributed by atoms with E-state index < -0.39 is 0 Å². The lowest BCUT2D eigenvalue weighted by Crippen LogP contribution is -2.61. The second-order valence-corrected chi connectivity index (χ2v) is 24.7. The van der Waals surface area contributed by atoms with E-state index in [2.05, 4.69) is 168 Å². The molecule has 1 aromatic heterocycles. The SMILES string of the molecule is CCCC(C)CC(C)C(C)(C(C)(C)C)C1(C)CC(C)(C(C)(C)CC)C(C)(C(C)CC2CC(C)CC3C(N(CC)CCNCC)=c4c(C)n[nH]c4=NC23)C(C)C(C)C1(C)CC. The molecule has 0 aromatic carbocycles. The minimum absolute atomic E-state index is 0.0877. The summed E-state index contributed by atoms with van der Waals surface area (Å²) < 4.78 is 0. The Hall–Kier alpha value is -1.36. The number of nitrogens with one attached hydrogen (secondary N) is 2. The van der Waals surface area contributed by atoms with E-state index in [1.807, 2.05) is 0 Å². The summed E-state index contributed by atoms with van der Waals surface area (Å²) in [5, 5.41) is 13.2. The predicted octanol–water partition coefficient (Wildman–Crippen LogP) is 13.5. The fraction of sp³-hybridized carbons (Fsp3) is 0.927. The van der Waals surface area contributed by atoms with Crippen LogP contribution in [0.15, 0.2) is 4.99 Å².